The van der Waals surface area contributed by atoms with Crippen molar-refractivity contribution in [3.8, 4) is 5.69 Å². The van der Waals surface area contributed by atoms with Crippen molar-refractivity contribution in [1.82, 2.24) is 14.5 Å². The molecule has 0 spiro atoms. The number of H-pyrrole nitrogens is 1. The Balaban J connectivity index is 1.41. The molecule has 3 aromatic rings. The van der Waals surface area contributed by atoms with Crippen LogP contribution in [0.1, 0.15) is 21.6 Å². The maximum absolute atomic E-state index is 12.8. The first kappa shape index (κ1) is 20.0. The van der Waals surface area contributed by atoms with Gasteiger partial charge in [-0.1, -0.05) is 12.1 Å². The largest absolute Gasteiger partial charge is 0.378 e. The van der Waals surface area contributed by atoms with E-state index in [9.17, 15) is 9.59 Å². The molecule has 4 rings (SSSR count). The molecule has 0 aliphatic carbocycles. The van der Waals surface area contributed by atoms with Gasteiger partial charge in [0.25, 0.3) is 5.91 Å². The summed E-state index contributed by atoms with van der Waals surface area (Å²) >= 11 is 0. The van der Waals surface area contributed by atoms with Gasteiger partial charge in [0.05, 0.1) is 18.9 Å². The van der Waals surface area contributed by atoms with Crippen LogP contribution in [0.5, 0.6) is 0 Å². The quantitative estimate of drug-likeness (QED) is 0.707. The third-order valence-electron chi connectivity index (χ3n) is 5.41. The average molecular weight is 406 g/mol. The number of benzene rings is 2. The molecule has 1 saturated heterocycles. The number of rotatable bonds is 5. The van der Waals surface area contributed by atoms with Crippen molar-refractivity contribution in [2.45, 2.75) is 13.5 Å². The highest BCUT2D eigenvalue weighted by Crippen LogP contribution is 2.18. The van der Waals surface area contributed by atoms with Crippen LogP contribution in [0, 0.1) is 6.92 Å². The number of nitrogens with one attached hydrogen (secondary N) is 1. The number of imidazole rings is 1. The maximum atomic E-state index is 12.8. The number of nitrogens with zero attached hydrogens (tertiary/aromatic N) is 3. The van der Waals surface area contributed by atoms with E-state index in [0.717, 1.165) is 43.2 Å². The summed E-state index contributed by atoms with van der Waals surface area (Å²) in [6, 6.07) is 15.4. The molecule has 0 saturated carbocycles. The number of aryl methyl sites for hydroxylation is 1. The van der Waals surface area contributed by atoms with Crippen LogP contribution in [0.25, 0.3) is 5.69 Å². The molecule has 1 fully saturated rings. The Bertz CT molecular complexity index is 1060. The summed E-state index contributed by atoms with van der Waals surface area (Å²) in [7, 11) is 1.80. The monoisotopic (exact) mass is 406 g/mol. The number of carbonyl (C=O) groups is 1. The summed E-state index contributed by atoms with van der Waals surface area (Å²) in [6.07, 6.45) is 1.67. The van der Waals surface area contributed by atoms with E-state index < -0.39 is 0 Å². The van der Waals surface area contributed by atoms with E-state index in [0.29, 0.717) is 12.1 Å². The number of morpholine rings is 1. The van der Waals surface area contributed by atoms with Crippen molar-refractivity contribution in [3.05, 3.63) is 82.0 Å². The molecule has 0 radical (unpaired) electrons. The van der Waals surface area contributed by atoms with Crippen LogP contribution in [-0.4, -0.2) is 53.7 Å². The number of aromatic amines is 1. The Kier molecular flexibility index (Phi) is 5.72. The van der Waals surface area contributed by atoms with Crippen LogP contribution >= 0.6 is 0 Å². The number of anilines is 1. The smallest absolute Gasteiger partial charge is 0.330 e. The second kappa shape index (κ2) is 8.59. The Morgan fingerprint density at radius 1 is 1.03 bits per heavy atom. The first-order chi connectivity index (χ1) is 14.5. The molecule has 2 aromatic carbocycles. The molecule has 2 heterocycles. The average Bonchev–Trinajstić information content (AvgIpc) is 3.12. The molecule has 1 aliphatic heterocycles. The fraction of sp³-hybridized carbons (Fsp3) is 0.304. The van der Waals surface area contributed by atoms with Gasteiger partial charge in [0.15, 0.2) is 0 Å². The fourth-order valence-electron chi connectivity index (χ4n) is 3.73. The highest BCUT2D eigenvalue weighted by molar-refractivity contribution is 5.94. The van der Waals surface area contributed by atoms with Crippen molar-refractivity contribution in [3.63, 3.8) is 0 Å². The van der Waals surface area contributed by atoms with Crippen molar-refractivity contribution in [1.29, 1.82) is 0 Å². The third-order valence-corrected chi connectivity index (χ3v) is 5.41. The zero-order valence-electron chi connectivity index (χ0n) is 17.3. The number of hydrogen-bond donors (Lipinski definition) is 1. The van der Waals surface area contributed by atoms with Gasteiger partial charge in [0.1, 0.15) is 0 Å². The summed E-state index contributed by atoms with van der Waals surface area (Å²) in [5.41, 5.74) is 4.21. The standard InChI is InChI=1S/C23H26N4O3/c1-17-15-24-23(29)27(17)21-9-5-19(6-10-21)22(28)25(2)16-18-3-7-20(8-4-18)26-11-13-30-14-12-26/h3-10,15H,11-14,16H2,1-2H3,(H,24,29). The minimum atomic E-state index is -0.191. The van der Waals surface area contributed by atoms with Crippen LogP contribution in [-0.2, 0) is 11.3 Å². The molecular weight excluding hydrogens is 380 g/mol. The lowest BCUT2D eigenvalue weighted by Crippen LogP contribution is -2.36. The van der Waals surface area contributed by atoms with Gasteiger partial charge in [-0.2, -0.15) is 0 Å². The van der Waals surface area contributed by atoms with Crippen molar-refractivity contribution in [2.24, 2.45) is 0 Å². The molecule has 7 nitrogen and oxygen atoms in total. The number of amides is 1. The summed E-state index contributed by atoms with van der Waals surface area (Å²) in [5.74, 6) is -0.0584. The van der Waals surface area contributed by atoms with E-state index in [1.54, 1.807) is 47.0 Å². The van der Waals surface area contributed by atoms with Crippen LogP contribution in [0.15, 0.2) is 59.5 Å². The first-order valence-electron chi connectivity index (χ1n) is 10.1. The van der Waals surface area contributed by atoms with Crippen LogP contribution in [0.4, 0.5) is 5.69 Å². The van der Waals surface area contributed by atoms with Crippen molar-refractivity contribution in [2.75, 3.05) is 38.3 Å². The SMILES string of the molecule is Cc1c[nH]c(=O)n1-c1ccc(C(=O)N(C)Cc2ccc(N3CCOCC3)cc2)cc1. The number of carbonyl (C=O) groups excluding carboxylic acids is 1. The Morgan fingerprint density at radius 3 is 2.27 bits per heavy atom. The highest BCUT2D eigenvalue weighted by Gasteiger charge is 2.14. The number of hydrogen-bond acceptors (Lipinski definition) is 4. The topological polar surface area (TPSA) is 70.6 Å². The van der Waals surface area contributed by atoms with Gasteiger partial charge in [0, 0.05) is 49.8 Å². The number of aromatic nitrogens is 2. The van der Waals surface area contributed by atoms with Gasteiger partial charge in [-0.15, -0.1) is 0 Å². The zero-order valence-corrected chi connectivity index (χ0v) is 17.3. The number of ether oxygens (including phenoxy) is 1. The molecule has 0 bridgehead atoms. The molecule has 1 aromatic heterocycles. The minimum absolute atomic E-state index is 0.0584. The first-order valence-corrected chi connectivity index (χ1v) is 10.1. The molecule has 30 heavy (non-hydrogen) atoms. The summed E-state index contributed by atoms with van der Waals surface area (Å²) in [5, 5.41) is 0. The van der Waals surface area contributed by atoms with Gasteiger partial charge < -0.3 is 19.5 Å². The lowest BCUT2D eigenvalue weighted by Gasteiger charge is -2.29. The van der Waals surface area contributed by atoms with E-state index in [1.807, 2.05) is 6.92 Å². The maximum Gasteiger partial charge on any atom is 0.330 e. The second-order valence-electron chi connectivity index (χ2n) is 7.54. The molecular formula is C23H26N4O3. The fourth-order valence-corrected chi connectivity index (χ4v) is 3.73. The zero-order chi connectivity index (χ0) is 21.1. The van der Waals surface area contributed by atoms with Gasteiger partial charge >= 0.3 is 5.69 Å². The molecule has 1 amide bonds. The van der Waals surface area contributed by atoms with E-state index >= 15 is 0 Å². The van der Waals surface area contributed by atoms with Gasteiger partial charge in [-0.05, 0) is 48.9 Å². The molecule has 0 unspecified atom stereocenters. The predicted octanol–water partition coefficient (Wildman–Crippen LogP) is 2.58. The van der Waals surface area contributed by atoms with E-state index in [4.69, 9.17) is 4.74 Å². The molecule has 1 aliphatic rings. The molecule has 0 atom stereocenters. The minimum Gasteiger partial charge on any atom is -0.378 e. The third kappa shape index (κ3) is 4.16. The van der Waals surface area contributed by atoms with Crippen LogP contribution < -0.4 is 10.6 Å². The summed E-state index contributed by atoms with van der Waals surface area (Å²) in [6.45, 7) is 5.71. The van der Waals surface area contributed by atoms with Crippen LogP contribution in [0.3, 0.4) is 0 Å². The second-order valence-corrected chi connectivity index (χ2v) is 7.54. The Hall–Kier alpha value is -3.32. The highest BCUT2D eigenvalue weighted by atomic mass is 16.5. The Labute approximate surface area is 175 Å². The van der Waals surface area contributed by atoms with Gasteiger partial charge in [0.2, 0.25) is 0 Å². The van der Waals surface area contributed by atoms with Gasteiger partial charge in [-0.25, -0.2) is 4.79 Å². The summed E-state index contributed by atoms with van der Waals surface area (Å²) in [4.78, 5) is 31.4. The Morgan fingerprint density at radius 2 is 1.67 bits per heavy atom. The van der Waals surface area contributed by atoms with Crippen LogP contribution in [0.2, 0.25) is 0 Å². The van der Waals surface area contributed by atoms with E-state index in [-0.39, 0.29) is 11.6 Å². The molecule has 7 heteroatoms. The molecule has 156 valence electrons. The lowest BCUT2D eigenvalue weighted by atomic mass is 10.1. The van der Waals surface area contributed by atoms with Crippen molar-refractivity contribution < 1.29 is 9.53 Å². The van der Waals surface area contributed by atoms with Crippen molar-refractivity contribution >= 4 is 11.6 Å². The predicted molar refractivity (Wildman–Crippen MR) is 116 cm³/mol. The molecule has 1 N–H and O–H groups in total. The van der Waals surface area contributed by atoms with E-state index in [1.165, 1.54) is 5.69 Å². The normalized spacial score (nSPS) is 14.0. The van der Waals surface area contributed by atoms with E-state index in [2.05, 4.69) is 34.1 Å². The lowest BCUT2D eigenvalue weighted by molar-refractivity contribution is 0.0785. The van der Waals surface area contributed by atoms with Gasteiger partial charge in [-0.3, -0.25) is 9.36 Å². The summed E-state index contributed by atoms with van der Waals surface area (Å²) < 4.78 is 6.98.